The summed E-state index contributed by atoms with van der Waals surface area (Å²) < 4.78 is 5.53. The van der Waals surface area contributed by atoms with Gasteiger partial charge in [-0.25, -0.2) is 4.98 Å². The Morgan fingerprint density at radius 3 is 3.15 bits per heavy atom. The molecule has 1 aromatic rings. The maximum atomic E-state index is 5.67. The van der Waals surface area contributed by atoms with Crippen molar-refractivity contribution in [1.29, 1.82) is 0 Å². The summed E-state index contributed by atoms with van der Waals surface area (Å²) in [5, 5.41) is 3.33. The predicted octanol–water partition coefficient (Wildman–Crippen LogP) is 1.12. The molecule has 1 aromatic heterocycles. The molecule has 0 spiro atoms. The first kappa shape index (κ1) is 8.72. The summed E-state index contributed by atoms with van der Waals surface area (Å²) in [5.41, 5.74) is 5.67. The Labute approximate surface area is 77.5 Å². The molecule has 0 aliphatic carbocycles. The van der Waals surface area contributed by atoms with E-state index in [0.717, 1.165) is 24.6 Å². The molecule has 0 bridgehead atoms. The van der Waals surface area contributed by atoms with Crippen LogP contribution in [0.15, 0.2) is 10.6 Å². The van der Waals surface area contributed by atoms with Gasteiger partial charge in [-0.1, -0.05) is 0 Å². The predicted molar refractivity (Wildman–Crippen MR) is 49.1 cm³/mol. The van der Waals surface area contributed by atoms with Crippen molar-refractivity contribution in [3.05, 3.63) is 17.8 Å². The molecule has 0 saturated carbocycles. The van der Waals surface area contributed by atoms with Crippen LogP contribution >= 0.6 is 0 Å². The van der Waals surface area contributed by atoms with E-state index in [0.29, 0.717) is 6.04 Å². The third-order valence-electron chi connectivity index (χ3n) is 2.35. The van der Waals surface area contributed by atoms with Gasteiger partial charge in [0.05, 0.1) is 18.3 Å². The molecule has 2 atom stereocenters. The molecule has 1 saturated heterocycles. The fraction of sp³-hybridized carbons (Fsp3) is 0.667. The molecule has 4 nitrogen and oxygen atoms in total. The minimum atomic E-state index is -0.0670. The Morgan fingerprint density at radius 2 is 2.62 bits per heavy atom. The van der Waals surface area contributed by atoms with Crippen molar-refractivity contribution in [2.24, 2.45) is 5.73 Å². The monoisotopic (exact) mass is 181 g/mol. The second-order valence-corrected chi connectivity index (χ2v) is 3.54. The molecule has 1 aliphatic rings. The summed E-state index contributed by atoms with van der Waals surface area (Å²) >= 11 is 0. The van der Waals surface area contributed by atoms with Gasteiger partial charge in [0.25, 0.3) is 0 Å². The van der Waals surface area contributed by atoms with Gasteiger partial charge >= 0.3 is 0 Å². The van der Waals surface area contributed by atoms with E-state index in [2.05, 4.69) is 10.3 Å². The van der Waals surface area contributed by atoms with E-state index in [1.807, 2.05) is 6.92 Å². The first-order valence-corrected chi connectivity index (χ1v) is 4.72. The van der Waals surface area contributed by atoms with Gasteiger partial charge in [-0.15, -0.1) is 0 Å². The average Bonchev–Trinajstić information content (AvgIpc) is 2.75. The van der Waals surface area contributed by atoms with Crippen LogP contribution < -0.4 is 11.1 Å². The highest BCUT2D eigenvalue weighted by atomic mass is 16.4. The molecule has 1 aliphatic heterocycles. The van der Waals surface area contributed by atoms with E-state index in [1.165, 1.54) is 6.42 Å². The van der Waals surface area contributed by atoms with Gasteiger partial charge in [-0.2, -0.15) is 0 Å². The van der Waals surface area contributed by atoms with Gasteiger partial charge in [0, 0.05) is 0 Å². The Hall–Kier alpha value is -0.870. The Kier molecular flexibility index (Phi) is 2.33. The molecule has 2 rings (SSSR count). The SMILES string of the molecule is CC(N)c1cnc(C2CCCN2)o1. The van der Waals surface area contributed by atoms with Crippen LogP contribution in [-0.4, -0.2) is 11.5 Å². The number of hydrogen-bond donors (Lipinski definition) is 2. The number of nitrogens with one attached hydrogen (secondary N) is 1. The number of aromatic nitrogens is 1. The third-order valence-corrected chi connectivity index (χ3v) is 2.35. The smallest absolute Gasteiger partial charge is 0.211 e. The standard InChI is InChI=1S/C9H15N3O/c1-6(10)8-5-12-9(13-8)7-3-2-4-11-7/h5-7,11H,2-4,10H2,1H3. The van der Waals surface area contributed by atoms with Crippen LogP contribution in [0.25, 0.3) is 0 Å². The molecule has 2 heterocycles. The third kappa shape index (κ3) is 1.73. The number of rotatable bonds is 2. The summed E-state index contributed by atoms with van der Waals surface area (Å²) in [4.78, 5) is 4.21. The highest BCUT2D eigenvalue weighted by Crippen LogP contribution is 2.23. The van der Waals surface area contributed by atoms with Crippen LogP contribution in [0.2, 0.25) is 0 Å². The molecule has 0 amide bonds. The van der Waals surface area contributed by atoms with Crippen LogP contribution in [0.3, 0.4) is 0 Å². The summed E-state index contributed by atoms with van der Waals surface area (Å²) in [6, 6.07) is 0.232. The van der Waals surface area contributed by atoms with E-state index in [1.54, 1.807) is 6.20 Å². The minimum Gasteiger partial charge on any atom is -0.442 e. The first-order chi connectivity index (χ1) is 6.27. The van der Waals surface area contributed by atoms with E-state index in [-0.39, 0.29) is 6.04 Å². The Morgan fingerprint density at radius 1 is 1.77 bits per heavy atom. The van der Waals surface area contributed by atoms with E-state index in [9.17, 15) is 0 Å². The maximum absolute atomic E-state index is 5.67. The minimum absolute atomic E-state index is 0.0670. The molecule has 2 unspecified atom stereocenters. The van der Waals surface area contributed by atoms with Crippen LogP contribution in [-0.2, 0) is 0 Å². The summed E-state index contributed by atoms with van der Waals surface area (Å²) in [6.45, 7) is 2.95. The number of nitrogens with two attached hydrogens (primary N) is 1. The maximum Gasteiger partial charge on any atom is 0.211 e. The highest BCUT2D eigenvalue weighted by molar-refractivity contribution is 5.02. The lowest BCUT2D eigenvalue weighted by Gasteiger charge is -2.04. The second-order valence-electron chi connectivity index (χ2n) is 3.54. The lowest BCUT2D eigenvalue weighted by Crippen LogP contribution is -2.13. The normalized spacial score (nSPS) is 24.9. The van der Waals surface area contributed by atoms with Gasteiger partial charge in [0.15, 0.2) is 0 Å². The van der Waals surface area contributed by atoms with Crippen molar-refractivity contribution in [3.63, 3.8) is 0 Å². The first-order valence-electron chi connectivity index (χ1n) is 4.72. The number of oxazole rings is 1. The van der Waals surface area contributed by atoms with Crippen LogP contribution in [0.4, 0.5) is 0 Å². The van der Waals surface area contributed by atoms with E-state index >= 15 is 0 Å². The number of hydrogen-bond acceptors (Lipinski definition) is 4. The molecular weight excluding hydrogens is 166 g/mol. The lowest BCUT2D eigenvalue weighted by molar-refractivity contribution is 0.391. The quantitative estimate of drug-likeness (QED) is 0.717. The average molecular weight is 181 g/mol. The summed E-state index contributed by atoms with van der Waals surface area (Å²) in [6.07, 6.45) is 4.03. The molecule has 1 fully saturated rings. The topological polar surface area (TPSA) is 64.1 Å². The van der Waals surface area contributed by atoms with Crippen molar-refractivity contribution >= 4 is 0 Å². The van der Waals surface area contributed by atoms with Gasteiger partial charge in [0.2, 0.25) is 5.89 Å². The van der Waals surface area contributed by atoms with E-state index < -0.39 is 0 Å². The molecular formula is C9H15N3O. The zero-order valence-corrected chi connectivity index (χ0v) is 7.79. The molecule has 0 aromatic carbocycles. The zero-order valence-electron chi connectivity index (χ0n) is 7.79. The van der Waals surface area contributed by atoms with Crippen molar-refractivity contribution in [3.8, 4) is 0 Å². The Bertz CT molecular complexity index is 276. The van der Waals surface area contributed by atoms with Crippen LogP contribution in [0.5, 0.6) is 0 Å². The summed E-state index contributed by atoms with van der Waals surface area (Å²) in [5.74, 6) is 1.55. The molecule has 4 heteroatoms. The highest BCUT2D eigenvalue weighted by Gasteiger charge is 2.21. The van der Waals surface area contributed by atoms with Gasteiger partial charge in [-0.3, -0.25) is 0 Å². The Balaban J connectivity index is 2.12. The molecule has 3 N–H and O–H groups in total. The van der Waals surface area contributed by atoms with Crippen molar-refractivity contribution < 1.29 is 4.42 Å². The van der Waals surface area contributed by atoms with Gasteiger partial charge in [0.1, 0.15) is 5.76 Å². The molecule has 0 radical (unpaired) electrons. The lowest BCUT2D eigenvalue weighted by atomic mass is 10.2. The number of nitrogens with zero attached hydrogens (tertiary/aromatic N) is 1. The largest absolute Gasteiger partial charge is 0.442 e. The van der Waals surface area contributed by atoms with Crippen molar-refractivity contribution in [1.82, 2.24) is 10.3 Å². The fourth-order valence-electron chi connectivity index (χ4n) is 1.57. The van der Waals surface area contributed by atoms with E-state index in [4.69, 9.17) is 10.2 Å². The molecule has 13 heavy (non-hydrogen) atoms. The summed E-state index contributed by atoms with van der Waals surface area (Å²) in [7, 11) is 0. The van der Waals surface area contributed by atoms with Gasteiger partial charge in [-0.05, 0) is 26.3 Å². The van der Waals surface area contributed by atoms with Gasteiger partial charge < -0.3 is 15.5 Å². The van der Waals surface area contributed by atoms with Crippen LogP contribution in [0, 0.1) is 0 Å². The second kappa shape index (κ2) is 3.47. The van der Waals surface area contributed by atoms with Crippen molar-refractivity contribution in [2.45, 2.75) is 31.8 Å². The zero-order chi connectivity index (χ0) is 9.26. The van der Waals surface area contributed by atoms with Crippen molar-refractivity contribution in [2.75, 3.05) is 6.54 Å². The van der Waals surface area contributed by atoms with Crippen LogP contribution in [0.1, 0.15) is 43.5 Å². The fourth-order valence-corrected chi connectivity index (χ4v) is 1.57. The molecule has 72 valence electrons.